The van der Waals surface area contributed by atoms with E-state index in [2.05, 4.69) is 46.1 Å². The Kier molecular flexibility index (Phi) is 5.26. The first kappa shape index (κ1) is 12.7. The summed E-state index contributed by atoms with van der Waals surface area (Å²) in [5.41, 5.74) is 1.13. The van der Waals surface area contributed by atoms with Gasteiger partial charge >= 0.3 is 0 Å². The lowest BCUT2D eigenvalue weighted by molar-refractivity contribution is 0.377. The van der Waals surface area contributed by atoms with Crippen molar-refractivity contribution in [2.24, 2.45) is 5.92 Å². The molecule has 0 fully saturated rings. The summed E-state index contributed by atoms with van der Waals surface area (Å²) in [7, 11) is 2.00. The fraction of sp³-hybridized carbons (Fsp3) is 0.583. The molecule has 1 rings (SSSR count). The van der Waals surface area contributed by atoms with E-state index >= 15 is 0 Å². The molecule has 1 aromatic rings. The molecule has 0 saturated heterocycles. The van der Waals surface area contributed by atoms with Gasteiger partial charge in [0, 0.05) is 10.7 Å². The van der Waals surface area contributed by atoms with Crippen molar-refractivity contribution >= 4 is 15.9 Å². The van der Waals surface area contributed by atoms with Gasteiger partial charge in [-0.1, -0.05) is 20.3 Å². The number of nitrogens with one attached hydrogen (secondary N) is 1. The van der Waals surface area contributed by atoms with E-state index in [1.54, 1.807) is 0 Å². The molecule has 2 unspecified atom stereocenters. The fourth-order valence-corrected chi connectivity index (χ4v) is 2.15. The molecule has 0 amide bonds. The van der Waals surface area contributed by atoms with Gasteiger partial charge in [0.2, 0.25) is 0 Å². The van der Waals surface area contributed by atoms with E-state index in [4.69, 9.17) is 0 Å². The van der Waals surface area contributed by atoms with Crippen molar-refractivity contribution in [1.82, 2.24) is 10.3 Å². The van der Waals surface area contributed by atoms with Crippen molar-refractivity contribution < 1.29 is 0 Å². The molecule has 2 atom stereocenters. The quantitative estimate of drug-likeness (QED) is 0.886. The summed E-state index contributed by atoms with van der Waals surface area (Å²) in [5, 5.41) is 3.34. The lowest BCUT2D eigenvalue weighted by Gasteiger charge is -2.22. The van der Waals surface area contributed by atoms with Gasteiger partial charge in [0.15, 0.2) is 0 Å². The maximum Gasteiger partial charge on any atom is 0.0576 e. The summed E-state index contributed by atoms with van der Waals surface area (Å²) in [6.45, 7) is 4.49. The number of halogens is 1. The van der Waals surface area contributed by atoms with Crippen molar-refractivity contribution in [2.45, 2.75) is 32.7 Å². The first-order valence-electron chi connectivity index (χ1n) is 5.47. The van der Waals surface area contributed by atoms with E-state index in [9.17, 15) is 0 Å². The highest BCUT2D eigenvalue weighted by molar-refractivity contribution is 9.10. The van der Waals surface area contributed by atoms with Crippen LogP contribution in [0.2, 0.25) is 0 Å². The van der Waals surface area contributed by atoms with E-state index in [0.29, 0.717) is 12.0 Å². The first-order chi connectivity index (χ1) is 7.19. The monoisotopic (exact) mass is 270 g/mol. The maximum atomic E-state index is 4.44. The van der Waals surface area contributed by atoms with Crippen LogP contribution in [0.25, 0.3) is 0 Å². The van der Waals surface area contributed by atoms with Crippen LogP contribution < -0.4 is 5.32 Å². The average Bonchev–Trinajstić information content (AvgIpc) is 2.22. The Morgan fingerprint density at radius 1 is 1.47 bits per heavy atom. The van der Waals surface area contributed by atoms with Gasteiger partial charge in [-0.3, -0.25) is 4.98 Å². The Morgan fingerprint density at radius 2 is 2.20 bits per heavy atom. The number of pyridine rings is 1. The molecule has 1 aromatic heterocycles. The molecule has 15 heavy (non-hydrogen) atoms. The van der Waals surface area contributed by atoms with E-state index in [1.807, 2.05) is 19.3 Å². The normalized spacial score (nSPS) is 14.9. The smallest absolute Gasteiger partial charge is 0.0576 e. The zero-order valence-electron chi connectivity index (χ0n) is 9.63. The second-order valence-electron chi connectivity index (χ2n) is 3.93. The van der Waals surface area contributed by atoms with Gasteiger partial charge in [0.25, 0.3) is 0 Å². The number of hydrogen-bond acceptors (Lipinski definition) is 2. The SMILES string of the molecule is CCCC(C)C(NC)c1ccc(Br)cn1. The van der Waals surface area contributed by atoms with E-state index in [0.717, 1.165) is 10.2 Å². The molecule has 0 spiro atoms. The van der Waals surface area contributed by atoms with Crippen LogP contribution in [-0.4, -0.2) is 12.0 Å². The Morgan fingerprint density at radius 3 is 2.67 bits per heavy atom. The molecule has 84 valence electrons. The molecule has 1 heterocycles. The predicted octanol–water partition coefficient (Wildman–Crippen LogP) is 3.54. The van der Waals surface area contributed by atoms with Crippen LogP contribution in [0.15, 0.2) is 22.8 Å². The molecule has 3 heteroatoms. The highest BCUT2D eigenvalue weighted by Crippen LogP contribution is 2.24. The zero-order valence-corrected chi connectivity index (χ0v) is 11.2. The summed E-state index contributed by atoms with van der Waals surface area (Å²) < 4.78 is 1.03. The molecule has 0 aliphatic carbocycles. The van der Waals surface area contributed by atoms with Crippen LogP contribution in [0.5, 0.6) is 0 Å². The minimum absolute atomic E-state index is 0.359. The summed E-state index contributed by atoms with van der Waals surface area (Å²) >= 11 is 3.40. The lowest BCUT2D eigenvalue weighted by atomic mass is 9.94. The van der Waals surface area contributed by atoms with Gasteiger partial charge in [0.05, 0.1) is 11.7 Å². The van der Waals surface area contributed by atoms with Crippen LogP contribution in [-0.2, 0) is 0 Å². The molecule has 0 saturated carbocycles. The second kappa shape index (κ2) is 6.23. The Balaban J connectivity index is 2.77. The van der Waals surface area contributed by atoms with Gasteiger partial charge in [-0.05, 0) is 47.4 Å². The van der Waals surface area contributed by atoms with Crippen molar-refractivity contribution in [1.29, 1.82) is 0 Å². The number of nitrogens with zero attached hydrogens (tertiary/aromatic N) is 1. The summed E-state index contributed by atoms with van der Waals surface area (Å²) in [4.78, 5) is 4.44. The largest absolute Gasteiger partial charge is 0.311 e. The highest BCUT2D eigenvalue weighted by Gasteiger charge is 2.17. The van der Waals surface area contributed by atoms with Gasteiger partial charge < -0.3 is 5.32 Å². The lowest BCUT2D eigenvalue weighted by Crippen LogP contribution is -2.24. The third kappa shape index (κ3) is 3.58. The van der Waals surface area contributed by atoms with E-state index in [1.165, 1.54) is 12.8 Å². The third-order valence-corrected chi connectivity index (χ3v) is 3.16. The summed E-state index contributed by atoms with van der Waals surface area (Å²) in [6, 6.07) is 4.49. The van der Waals surface area contributed by atoms with E-state index in [-0.39, 0.29) is 0 Å². The minimum Gasteiger partial charge on any atom is -0.311 e. The van der Waals surface area contributed by atoms with E-state index < -0.39 is 0 Å². The van der Waals surface area contributed by atoms with Crippen LogP contribution in [0.3, 0.4) is 0 Å². The molecule has 0 aromatic carbocycles. The summed E-state index contributed by atoms with van der Waals surface area (Å²) in [6.07, 6.45) is 4.30. The molecular formula is C12H19BrN2. The standard InChI is InChI=1S/C12H19BrN2/c1-4-5-9(2)12(14-3)11-7-6-10(13)8-15-11/h6-9,12,14H,4-5H2,1-3H3. The zero-order chi connectivity index (χ0) is 11.3. The first-order valence-corrected chi connectivity index (χ1v) is 6.27. The number of hydrogen-bond donors (Lipinski definition) is 1. The van der Waals surface area contributed by atoms with Gasteiger partial charge in [-0.2, -0.15) is 0 Å². The topological polar surface area (TPSA) is 24.9 Å². The Labute approximate surface area is 101 Å². The van der Waals surface area contributed by atoms with Crippen LogP contribution in [0, 0.1) is 5.92 Å². The Bertz CT molecular complexity index is 284. The van der Waals surface area contributed by atoms with Gasteiger partial charge in [0.1, 0.15) is 0 Å². The van der Waals surface area contributed by atoms with Gasteiger partial charge in [-0.25, -0.2) is 0 Å². The van der Waals surface area contributed by atoms with Crippen molar-refractivity contribution in [3.8, 4) is 0 Å². The van der Waals surface area contributed by atoms with Crippen LogP contribution in [0.4, 0.5) is 0 Å². The molecule has 0 aliphatic rings. The average molecular weight is 271 g/mol. The molecule has 0 radical (unpaired) electrons. The number of aromatic nitrogens is 1. The third-order valence-electron chi connectivity index (χ3n) is 2.69. The molecular weight excluding hydrogens is 252 g/mol. The summed E-state index contributed by atoms with van der Waals surface area (Å²) in [5.74, 6) is 0.619. The molecule has 0 bridgehead atoms. The van der Waals surface area contributed by atoms with Crippen LogP contribution >= 0.6 is 15.9 Å². The van der Waals surface area contributed by atoms with Crippen molar-refractivity contribution in [2.75, 3.05) is 7.05 Å². The molecule has 1 N–H and O–H groups in total. The minimum atomic E-state index is 0.359. The molecule has 2 nitrogen and oxygen atoms in total. The second-order valence-corrected chi connectivity index (χ2v) is 4.85. The van der Waals surface area contributed by atoms with Crippen LogP contribution in [0.1, 0.15) is 38.4 Å². The van der Waals surface area contributed by atoms with Crippen molar-refractivity contribution in [3.05, 3.63) is 28.5 Å². The Hall–Kier alpha value is -0.410. The van der Waals surface area contributed by atoms with Gasteiger partial charge in [-0.15, -0.1) is 0 Å². The molecule has 0 aliphatic heterocycles. The fourth-order valence-electron chi connectivity index (χ4n) is 1.92. The number of rotatable bonds is 5. The highest BCUT2D eigenvalue weighted by atomic mass is 79.9. The predicted molar refractivity (Wildman–Crippen MR) is 67.8 cm³/mol. The van der Waals surface area contributed by atoms with Crippen molar-refractivity contribution in [3.63, 3.8) is 0 Å². The maximum absolute atomic E-state index is 4.44.